The average molecular weight is 424 g/mol. The van der Waals surface area contributed by atoms with Gasteiger partial charge in [0.25, 0.3) is 0 Å². The molecular weight excluding hydrogens is 402 g/mol. The molecule has 2 aliphatic rings. The van der Waals surface area contributed by atoms with E-state index in [1.54, 1.807) is 6.20 Å². The van der Waals surface area contributed by atoms with E-state index < -0.39 is 0 Å². The minimum Gasteiger partial charge on any atom is -0.474 e. The van der Waals surface area contributed by atoms with Crippen LogP contribution in [0.4, 0.5) is 0 Å². The zero-order valence-electron chi connectivity index (χ0n) is 16.4. The average Bonchev–Trinajstić information content (AvgIpc) is 3.11. The fourth-order valence-electron chi connectivity index (χ4n) is 4.45. The fraction of sp³-hybridized carbons (Fsp3) is 0.364. The van der Waals surface area contributed by atoms with Crippen LogP contribution in [0.5, 0.6) is 5.88 Å². The normalized spacial score (nSPS) is 22.2. The van der Waals surface area contributed by atoms with Crippen molar-refractivity contribution >= 4 is 17.3 Å². The zero-order chi connectivity index (χ0) is 20.5. The lowest BCUT2D eigenvalue weighted by Crippen LogP contribution is -2.25. The highest BCUT2D eigenvalue weighted by molar-refractivity contribution is 6.30. The van der Waals surface area contributed by atoms with Gasteiger partial charge in [0.2, 0.25) is 5.88 Å². The molecule has 1 fully saturated rings. The summed E-state index contributed by atoms with van der Waals surface area (Å²) in [4.78, 5) is 4.27. The number of benzene rings is 1. The second-order valence-electron chi connectivity index (χ2n) is 7.86. The molecule has 0 amide bonds. The second-order valence-corrected chi connectivity index (χ2v) is 8.30. The van der Waals surface area contributed by atoms with Crippen LogP contribution in [0.2, 0.25) is 5.02 Å². The first-order valence-corrected chi connectivity index (χ1v) is 10.6. The zero-order valence-corrected chi connectivity index (χ0v) is 17.2. The van der Waals surface area contributed by atoms with Gasteiger partial charge >= 0.3 is 0 Å². The van der Waals surface area contributed by atoms with Crippen molar-refractivity contribution in [2.45, 2.75) is 50.5 Å². The van der Waals surface area contributed by atoms with E-state index in [9.17, 15) is 5.21 Å². The van der Waals surface area contributed by atoms with Crippen LogP contribution in [0.3, 0.4) is 0 Å². The summed E-state index contributed by atoms with van der Waals surface area (Å²) in [7, 11) is 0. The molecule has 0 bridgehead atoms. The predicted octanol–water partition coefficient (Wildman–Crippen LogP) is 4.35. The summed E-state index contributed by atoms with van der Waals surface area (Å²) < 4.78 is 8.17. The quantitative estimate of drug-likeness (QED) is 0.500. The van der Waals surface area contributed by atoms with E-state index in [4.69, 9.17) is 16.3 Å². The smallest absolute Gasteiger partial charge is 0.213 e. The molecule has 1 aromatic carbocycles. The van der Waals surface area contributed by atoms with Gasteiger partial charge in [-0.25, -0.2) is 4.98 Å². The third kappa shape index (κ3) is 3.65. The Kier molecular flexibility index (Phi) is 5.12. The Hall–Kier alpha value is -2.93. The minimum absolute atomic E-state index is 0.168. The van der Waals surface area contributed by atoms with Crippen molar-refractivity contribution in [1.29, 1.82) is 0 Å². The molecule has 7 nitrogen and oxygen atoms in total. The fourth-order valence-corrected chi connectivity index (χ4v) is 4.64. The van der Waals surface area contributed by atoms with E-state index in [0.29, 0.717) is 35.4 Å². The Bertz CT molecular complexity index is 1070. The van der Waals surface area contributed by atoms with Crippen LogP contribution >= 0.6 is 11.6 Å². The number of ether oxygens (including phenoxy) is 1. The van der Waals surface area contributed by atoms with Gasteiger partial charge in [-0.1, -0.05) is 22.8 Å². The van der Waals surface area contributed by atoms with Crippen LogP contribution in [0.25, 0.3) is 5.69 Å². The lowest BCUT2D eigenvalue weighted by Gasteiger charge is -2.28. The third-order valence-corrected chi connectivity index (χ3v) is 6.14. The summed E-state index contributed by atoms with van der Waals surface area (Å²) in [6.07, 6.45) is 6.76. The van der Waals surface area contributed by atoms with Gasteiger partial charge in [-0.2, -0.15) is 0 Å². The number of nitrogens with zero attached hydrogens (tertiary/aromatic N) is 5. The number of aromatic nitrogens is 4. The molecule has 0 atom stereocenters. The summed E-state index contributed by atoms with van der Waals surface area (Å²) in [5, 5.41) is 22.6. The van der Waals surface area contributed by atoms with E-state index in [-0.39, 0.29) is 6.10 Å². The summed E-state index contributed by atoms with van der Waals surface area (Å²) >= 11 is 6.23. The van der Waals surface area contributed by atoms with E-state index in [1.807, 2.05) is 36.4 Å². The van der Waals surface area contributed by atoms with Crippen molar-refractivity contribution in [3.05, 3.63) is 64.8 Å². The standard InChI is InChI=1S/C22H22ClN5O2/c23-16-6-9-19-15(11-16)12-17(27-29)13-20-25-26-22(28(19)20)14-4-7-18(8-5-14)30-21-3-1-2-10-24-21/h1-3,6,9-11,14,18,29H,4-5,7-8,12-13H2/t14-,18-. The molecule has 5 rings (SSSR count). The van der Waals surface area contributed by atoms with Crippen molar-refractivity contribution in [3.8, 4) is 11.6 Å². The van der Waals surface area contributed by atoms with Crippen LogP contribution in [0, 0.1) is 0 Å². The number of oxime groups is 1. The predicted molar refractivity (Wildman–Crippen MR) is 113 cm³/mol. The largest absolute Gasteiger partial charge is 0.474 e. The number of halogens is 1. The molecule has 30 heavy (non-hydrogen) atoms. The first-order valence-electron chi connectivity index (χ1n) is 10.2. The monoisotopic (exact) mass is 423 g/mol. The maximum Gasteiger partial charge on any atom is 0.213 e. The molecule has 1 aliphatic carbocycles. The molecule has 3 heterocycles. The van der Waals surface area contributed by atoms with Crippen molar-refractivity contribution in [2.24, 2.45) is 5.16 Å². The molecule has 0 saturated heterocycles. The number of hydrogen-bond acceptors (Lipinski definition) is 6. The number of pyridine rings is 1. The molecule has 2 aromatic heterocycles. The lowest BCUT2D eigenvalue weighted by molar-refractivity contribution is 0.139. The van der Waals surface area contributed by atoms with Crippen LogP contribution in [0.1, 0.15) is 48.8 Å². The van der Waals surface area contributed by atoms with E-state index >= 15 is 0 Å². The van der Waals surface area contributed by atoms with Gasteiger partial charge in [0.15, 0.2) is 0 Å². The molecule has 154 valence electrons. The highest BCUT2D eigenvalue weighted by atomic mass is 35.5. The van der Waals surface area contributed by atoms with Gasteiger partial charge in [0.1, 0.15) is 17.8 Å². The molecule has 1 aliphatic heterocycles. The first kappa shape index (κ1) is 19.1. The Balaban J connectivity index is 1.40. The number of fused-ring (bicyclic) bond motifs is 3. The van der Waals surface area contributed by atoms with E-state index in [1.165, 1.54) is 0 Å². The van der Waals surface area contributed by atoms with Gasteiger partial charge in [0.05, 0.1) is 17.8 Å². The second kappa shape index (κ2) is 8.07. The maximum atomic E-state index is 9.42. The van der Waals surface area contributed by atoms with Gasteiger partial charge in [-0.3, -0.25) is 4.57 Å². The summed E-state index contributed by atoms with van der Waals surface area (Å²) in [5.74, 6) is 2.74. The van der Waals surface area contributed by atoms with Crippen LogP contribution in [-0.2, 0) is 12.8 Å². The maximum absolute atomic E-state index is 9.42. The third-order valence-electron chi connectivity index (χ3n) is 5.90. The van der Waals surface area contributed by atoms with Crippen LogP contribution in [-0.4, -0.2) is 36.8 Å². The van der Waals surface area contributed by atoms with Gasteiger partial charge in [0, 0.05) is 29.6 Å². The Labute approximate surface area is 179 Å². The topological polar surface area (TPSA) is 85.4 Å². The molecule has 8 heteroatoms. The number of hydrogen-bond donors (Lipinski definition) is 1. The molecule has 0 unspecified atom stereocenters. The molecule has 0 radical (unpaired) electrons. The minimum atomic E-state index is 0.168. The van der Waals surface area contributed by atoms with Crippen molar-refractivity contribution in [1.82, 2.24) is 19.7 Å². The van der Waals surface area contributed by atoms with Gasteiger partial charge in [-0.05, 0) is 55.5 Å². The number of rotatable bonds is 3. The Morgan fingerprint density at radius 1 is 1.07 bits per heavy atom. The van der Waals surface area contributed by atoms with Crippen LogP contribution in [0.15, 0.2) is 47.8 Å². The molecule has 1 N–H and O–H groups in total. The molecular formula is C22H22ClN5O2. The van der Waals surface area contributed by atoms with Crippen LogP contribution < -0.4 is 4.74 Å². The van der Waals surface area contributed by atoms with Gasteiger partial charge < -0.3 is 9.94 Å². The summed E-state index contributed by atoms with van der Waals surface area (Å²) in [5.41, 5.74) is 2.69. The van der Waals surface area contributed by atoms with Crippen molar-refractivity contribution in [3.63, 3.8) is 0 Å². The summed E-state index contributed by atoms with van der Waals surface area (Å²) in [6.45, 7) is 0. The summed E-state index contributed by atoms with van der Waals surface area (Å²) in [6, 6.07) is 11.5. The Morgan fingerprint density at radius 2 is 1.93 bits per heavy atom. The van der Waals surface area contributed by atoms with E-state index in [2.05, 4.69) is 24.9 Å². The van der Waals surface area contributed by atoms with E-state index in [0.717, 1.165) is 48.6 Å². The molecule has 3 aromatic rings. The molecule has 0 spiro atoms. The lowest BCUT2D eigenvalue weighted by atomic mass is 9.86. The highest BCUT2D eigenvalue weighted by Gasteiger charge is 2.31. The SMILES string of the molecule is ON=C1Cc2cc(Cl)ccc2-n2c(nnc2[C@H]2CC[C@H](Oc3ccccn3)CC2)C1. The van der Waals surface area contributed by atoms with Crippen molar-refractivity contribution < 1.29 is 9.94 Å². The van der Waals surface area contributed by atoms with Crippen molar-refractivity contribution in [2.75, 3.05) is 0 Å². The first-order chi connectivity index (χ1) is 14.7. The van der Waals surface area contributed by atoms with Gasteiger partial charge in [-0.15, -0.1) is 10.2 Å². The Morgan fingerprint density at radius 3 is 2.70 bits per heavy atom. The highest BCUT2D eigenvalue weighted by Crippen LogP contribution is 2.36. The molecule has 1 saturated carbocycles.